The van der Waals surface area contributed by atoms with E-state index in [-0.39, 0.29) is 18.9 Å². The molecular weight excluding hydrogens is 584 g/mol. The quantitative estimate of drug-likeness (QED) is 0.228. The molecule has 0 bridgehead atoms. The van der Waals surface area contributed by atoms with Crippen molar-refractivity contribution in [2.45, 2.75) is 108 Å². The molecule has 1 saturated carbocycles. The predicted octanol–water partition coefficient (Wildman–Crippen LogP) is 1.17. The van der Waals surface area contributed by atoms with Crippen LogP contribution in [-0.4, -0.2) is 102 Å². The first kappa shape index (κ1) is 35.9. The number of likely N-dealkylation sites (tertiary alicyclic amines) is 1. The van der Waals surface area contributed by atoms with Crippen molar-refractivity contribution in [3.05, 3.63) is 35.9 Å². The van der Waals surface area contributed by atoms with Gasteiger partial charge in [0.25, 0.3) is 0 Å². The maximum absolute atomic E-state index is 13.7. The Hall–Kier alpha value is -2.54. The Balaban J connectivity index is 1.91. The topological polar surface area (TPSA) is 165 Å². The highest BCUT2D eigenvalue weighted by Gasteiger charge is 2.46. The number of nitrogens with one attached hydrogen (secondary N) is 3. The minimum absolute atomic E-state index is 0.0842. The summed E-state index contributed by atoms with van der Waals surface area (Å²) in [6, 6.07) is 6.44. The van der Waals surface area contributed by atoms with Crippen LogP contribution in [-0.2, 0) is 30.6 Å². The SMILES string of the molecule is CC(C)(C)NC(=O)C1C[C@@H]2CCCC[C@@H]2CN1CC(O)C(Cc1ccccc1)NC(=O)[C@@H](NC(=O)CO)C(C)(C)S(C)(=O)=O. The summed E-state index contributed by atoms with van der Waals surface area (Å²) in [5.74, 6) is -0.911. The number of aliphatic hydroxyl groups is 2. The van der Waals surface area contributed by atoms with Gasteiger partial charge >= 0.3 is 0 Å². The zero-order valence-corrected chi connectivity index (χ0v) is 27.8. The lowest BCUT2D eigenvalue weighted by Gasteiger charge is -2.47. The Kier molecular flexibility index (Phi) is 12.0. The summed E-state index contributed by atoms with van der Waals surface area (Å²) in [7, 11) is -3.85. The summed E-state index contributed by atoms with van der Waals surface area (Å²) in [6.45, 7) is 8.33. The van der Waals surface area contributed by atoms with Crippen LogP contribution >= 0.6 is 0 Å². The van der Waals surface area contributed by atoms with Gasteiger partial charge in [0.15, 0.2) is 9.84 Å². The number of piperidine rings is 1. The van der Waals surface area contributed by atoms with E-state index < -0.39 is 62.8 Å². The maximum atomic E-state index is 13.7. The third-order valence-electron chi connectivity index (χ3n) is 9.18. The van der Waals surface area contributed by atoms with E-state index in [4.69, 9.17) is 0 Å². The van der Waals surface area contributed by atoms with Gasteiger partial charge in [0.05, 0.1) is 22.9 Å². The Labute approximate surface area is 262 Å². The van der Waals surface area contributed by atoms with E-state index in [0.717, 1.165) is 37.5 Å². The fraction of sp³-hybridized carbons (Fsp3) is 0.719. The van der Waals surface area contributed by atoms with E-state index in [0.29, 0.717) is 24.8 Å². The van der Waals surface area contributed by atoms with Gasteiger partial charge in [-0.3, -0.25) is 19.3 Å². The van der Waals surface area contributed by atoms with Crippen molar-refractivity contribution in [1.82, 2.24) is 20.9 Å². The molecule has 0 spiro atoms. The van der Waals surface area contributed by atoms with Gasteiger partial charge in [0, 0.05) is 24.9 Å². The summed E-state index contributed by atoms with van der Waals surface area (Å²) < 4.78 is 23.6. The van der Waals surface area contributed by atoms with Crippen molar-refractivity contribution >= 4 is 27.6 Å². The lowest BCUT2D eigenvalue weighted by molar-refractivity contribution is -0.134. The van der Waals surface area contributed by atoms with Crippen molar-refractivity contribution in [1.29, 1.82) is 0 Å². The molecule has 0 aromatic heterocycles. The first-order valence-corrected chi connectivity index (χ1v) is 17.5. The minimum atomic E-state index is -3.85. The molecule has 1 saturated heterocycles. The first-order chi connectivity index (χ1) is 20.4. The molecule has 6 atom stereocenters. The number of sulfone groups is 1. The number of hydrogen-bond donors (Lipinski definition) is 5. The van der Waals surface area contributed by atoms with Crippen LogP contribution in [0.5, 0.6) is 0 Å². The molecule has 0 radical (unpaired) electrons. The zero-order chi connectivity index (χ0) is 32.9. The zero-order valence-electron chi connectivity index (χ0n) is 27.0. The highest BCUT2D eigenvalue weighted by atomic mass is 32.2. The lowest BCUT2D eigenvalue weighted by Crippen LogP contribution is -2.64. The molecular formula is C32H52N4O7S. The Bertz CT molecular complexity index is 1250. The molecule has 1 aromatic carbocycles. The van der Waals surface area contributed by atoms with Crippen molar-refractivity contribution in [2.24, 2.45) is 11.8 Å². The summed E-state index contributed by atoms with van der Waals surface area (Å²) >= 11 is 0. The monoisotopic (exact) mass is 636 g/mol. The Morgan fingerprint density at radius 2 is 1.61 bits per heavy atom. The van der Waals surface area contributed by atoms with E-state index in [2.05, 4.69) is 16.0 Å². The normalized spacial score (nSPS) is 23.5. The fourth-order valence-corrected chi connectivity index (χ4v) is 6.98. The number of benzene rings is 1. The van der Waals surface area contributed by atoms with Crippen molar-refractivity contribution in [2.75, 3.05) is 26.0 Å². The molecule has 3 rings (SSSR count). The standard InChI is InChI=1S/C32H52N4O7S/c1-31(2,3)35-29(40)25-17-22-14-10-11-15-23(22)18-36(25)19-26(38)24(16-21-12-8-7-9-13-21)33-30(41)28(34-27(39)20-37)32(4,5)44(6,42)43/h7-9,12-13,22-26,28,37-38H,10-11,14-20H2,1-6H3,(H,33,41)(H,34,39)(H,35,40)/t22-,23+,24?,25?,26?,28+/m0/s1. The van der Waals surface area contributed by atoms with Crippen LogP contribution < -0.4 is 16.0 Å². The number of nitrogens with zero attached hydrogens (tertiary/aromatic N) is 1. The van der Waals surface area contributed by atoms with Crippen LogP contribution in [0.2, 0.25) is 0 Å². The molecule has 2 aliphatic rings. The van der Waals surface area contributed by atoms with E-state index >= 15 is 0 Å². The number of carbonyl (C=O) groups excluding carboxylic acids is 3. The number of β-amino-alcohol motifs (C(OH)–C–C–N with tert-alkyl or cyclic N) is 1. The second-order valence-corrected chi connectivity index (χ2v) is 16.8. The van der Waals surface area contributed by atoms with Crippen LogP contribution in [0.25, 0.3) is 0 Å². The molecule has 11 nitrogen and oxygen atoms in total. The predicted molar refractivity (Wildman–Crippen MR) is 169 cm³/mol. The lowest BCUT2D eigenvalue weighted by atomic mass is 9.72. The van der Waals surface area contributed by atoms with Crippen LogP contribution in [0.3, 0.4) is 0 Å². The van der Waals surface area contributed by atoms with Crippen molar-refractivity contribution < 1.29 is 33.0 Å². The average Bonchev–Trinajstić information content (AvgIpc) is 2.93. The molecule has 5 N–H and O–H groups in total. The Morgan fingerprint density at radius 3 is 2.18 bits per heavy atom. The largest absolute Gasteiger partial charge is 0.390 e. The van der Waals surface area contributed by atoms with Gasteiger partial charge in [-0.05, 0) is 71.3 Å². The number of aliphatic hydroxyl groups excluding tert-OH is 2. The van der Waals surface area contributed by atoms with E-state index in [1.807, 2.05) is 56.0 Å². The molecule has 3 amide bonds. The van der Waals surface area contributed by atoms with Gasteiger partial charge in [-0.25, -0.2) is 8.42 Å². The summed E-state index contributed by atoms with van der Waals surface area (Å²) in [4.78, 5) is 41.5. The van der Waals surface area contributed by atoms with Crippen LogP contribution in [0.4, 0.5) is 0 Å². The Morgan fingerprint density at radius 1 is 1.00 bits per heavy atom. The molecule has 2 fully saturated rings. The van der Waals surface area contributed by atoms with E-state index in [1.54, 1.807) is 0 Å². The smallest absolute Gasteiger partial charge is 0.246 e. The van der Waals surface area contributed by atoms with Crippen LogP contribution in [0.15, 0.2) is 30.3 Å². The van der Waals surface area contributed by atoms with Gasteiger partial charge in [-0.1, -0.05) is 49.6 Å². The first-order valence-electron chi connectivity index (χ1n) is 15.6. The molecule has 1 aliphatic heterocycles. The molecule has 1 aliphatic carbocycles. The molecule has 1 aromatic rings. The number of hydrogen-bond acceptors (Lipinski definition) is 8. The number of rotatable bonds is 12. The molecule has 44 heavy (non-hydrogen) atoms. The number of carbonyl (C=O) groups is 3. The van der Waals surface area contributed by atoms with Gasteiger partial charge in [0.1, 0.15) is 12.6 Å². The van der Waals surface area contributed by atoms with E-state index in [9.17, 15) is 33.0 Å². The number of amides is 3. The van der Waals surface area contributed by atoms with Gasteiger partial charge in [0.2, 0.25) is 17.7 Å². The average molecular weight is 637 g/mol. The maximum Gasteiger partial charge on any atom is 0.246 e. The van der Waals surface area contributed by atoms with Crippen LogP contribution in [0.1, 0.15) is 72.3 Å². The highest BCUT2D eigenvalue weighted by Crippen LogP contribution is 2.39. The summed E-state index contributed by atoms with van der Waals surface area (Å²) in [5, 5.41) is 29.4. The summed E-state index contributed by atoms with van der Waals surface area (Å²) in [5.41, 5.74) is 0.415. The van der Waals surface area contributed by atoms with E-state index in [1.165, 1.54) is 13.8 Å². The third kappa shape index (κ3) is 9.48. The number of fused-ring (bicyclic) bond motifs is 1. The second kappa shape index (κ2) is 14.7. The second-order valence-electron chi connectivity index (χ2n) is 14.2. The highest BCUT2D eigenvalue weighted by molar-refractivity contribution is 7.92. The van der Waals surface area contributed by atoms with Gasteiger partial charge in [-0.15, -0.1) is 0 Å². The minimum Gasteiger partial charge on any atom is -0.390 e. The molecule has 1 heterocycles. The molecule has 12 heteroatoms. The third-order valence-corrected chi connectivity index (χ3v) is 11.3. The van der Waals surface area contributed by atoms with Gasteiger partial charge < -0.3 is 26.2 Å². The molecule has 248 valence electrons. The van der Waals surface area contributed by atoms with Crippen molar-refractivity contribution in [3.63, 3.8) is 0 Å². The summed E-state index contributed by atoms with van der Waals surface area (Å²) in [6.07, 6.45) is 5.23. The van der Waals surface area contributed by atoms with Gasteiger partial charge in [-0.2, -0.15) is 0 Å². The van der Waals surface area contributed by atoms with Crippen molar-refractivity contribution in [3.8, 4) is 0 Å². The molecule has 3 unspecified atom stereocenters. The van der Waals surface area contributed by atoms with Crippen LogP contribution in [0, 0.1) is 11.8 Å². The fourth-order valence-electron chi connectivity index (χ4n) is 6.39.